The molecule has 1 aromatic rings. The molecule has 16 heavy (non-hydrogen) atoms. The highest BCUT2D eigenvalue weighted by atomic mass is 35.5. The van der Waals surface area contributed by atoms with Crippen LogP contribution in [0.2, 0.25) is 0 Å². The van der Waals surface area contributed by atoms with Crippen molar-refractivity contribution in [2.45, 2.75) is 6.54 Å². The van der Waals surface area contributed by atoms with Gasteiger partial charge in [-0.05, 0) is 5.56 Å². The van der Waals surface area contributed by atoms with Gasteiger partial charge in [0, 0.05) is 6.54 Å². The van der Waals surface area contributed by atoms with Gasteiger partial charge in [0.25, 0.3) is 0 Å². The molecule has 2 rings (SSSR count). The van der Waals surface area contributed by atoms with Crippen LogP contribution in [0.1, 0.15) is 5.56 Å². The highest BCUT2D eigenvalue weighted by molar-refractivity contribution is 5.99. The van der Waals surface area contributed by atoms with E-state index in [0.29, 0.717) is 19.6 Å². The van der Waals surface area contributed by atoms with Crippen molar-refractivity contribution in [1.82, 2.24) is 10.2 Å². The number of carbonyl (C=O) groups is 2. The molecule has 0 unspecified atom stereocenters. The molecule has 1 aromatic carbocycles. The highest BCUT2D eigenvalue weighted by Gasteiger charge is 2.21. The van der Waals surface area contributed by atoms with Gasteiger partial charge in [-0.3, -0.25) is 19.8 Å². The standard InChI is InChI=1S/C11H12N2O2.ClH/c14-10-7-13(8-11(15)12-10)6-9-4-2-1-3-5-9;/h1-5H,6-8H2,(H,12,14,15);1H. The molecule has 0 aromatic heterocycles. The number of nitrogens with one attached hydrogen (secondary N) is 1. The second kappa shape index (κ2) is 5.63. The Morgan fingerprint density at radius 2 is 1.62 bits per heavy atom. The van der Waals surface area contributed by atoms with Gasteiger partial charge >= 0.3 is 0 Å². The molecule has 1 saturated heterocycles. The summed E-state index contributed by atoms with van der Waals surface area (Å²) in [5.41, 5.74) is 1.11. The number of halogens is 1. The average molecular weight is 241 g/mol. The maximum absolute atomic E-state index is 11.1. The number of hydrogen-bond donors (Lipinski definition) is 1. The first-order valence-corrected chi connectivity index (χ1v) is 4.83. The minimum Gasteiger partial charge on any atom is -0.294 e. The molecule has 5 heteroatoms. The molecule has 1 fully saturated rings. The monoisotopic (exact) mass is 240 g/mol. The number of benzene rings is 1. The topological polar surface area (TPSA) is 49.4 Å². The van der Waals surface area contributed by atoms with Gasteiger partial charge in [-0.1, -0.05) is 30.3 Å². The molecule has 86 valence electrons. The fourth-order valence-corrected chi connectivity index (χ4v) is 1.65. The van der Waals surface area contributed by atoms with Crippen LogP contribution in [0.3, 0.4) is 0 Å². The lowest BCUT2D eigenvalue weighted by molar-refractivity contribution is -0.136. The zero-order valence-corrected chi connectivity index (χ0v) is 9.50. The molecule has 0 spiro atoms. The number of imide groups is 1. The van der Waals surface area contributed by atoms with Crippen molar-refractivity contribution in [3.05, 3.63) is 35.9 Å². The molecule has 1 heterocycles. The molecule has 0 saturated carbocycles. The summed E-state index contributed by atoms with van der Waals surface area (Å²) in [4.78, 5) is 24.0. The molecule has 0 bridgehead atoms. The van der Waals surface area contributed by atoms with Crippen LogP contribution in [0, 0.1) is 0 Å². The minimum absolute atomic E-state index is 0. The van der Waals surface area contributed by atoms with Crippen LogP contribution in [-0.4, -0.2) is 29.8 Å². The Balaban J connectivity index is 0.00000128. The molecule has 0 atom stereocenters. The maximum atomic E-state index is 11.1. The largest absolute Gasteiger partial charge is 0.294 e. The van der Waals surface area contributed by atoms with Gasteiger partial charge in [0.05, 0.1) is 13.1 Å². The molecule has 0 radical (unpaired) electrons. The zero-order chi connectivity index (χ0) is 10.7. The zero-order valence-electron chi connectivity index (χ0n) is 8.68. The van der Waals surface area contributed by atoms with E-state index >= 15 is 0 Å². The Labute approximate surface area is 100 Å². The van der Waals surface area contributed by atoms with Crippen LogP contribution in [0.5, 0.6) is 0 Å². The van der Waals surface area contributed by atoms with Gasteiger partial charge < -0.3 is 0 Å². The van der Waals surface area contributed by atoms with Gasteiger partial charge in [-0.15, -0.1) is 12.4 Å². The summed E-state index contributed by atoms with van der Waals surface area (Å²) < 4.78 is 0. The van der Waals surface area contributed by atoms with Crippen LogP contribution in [0.15, 0.2) is 30.3 Å². The van der Waals surface area contributed by atoms with Crippen LogP contribution in [0.25, 0.3) is 0 Å². The first kappa shape index (κ1) is 12.7. The number of nitrogens with zero attached hydrogens (tertiary/aromatic N) is 1. The number of piperazine rings is 1. The molecule has 1 aliphatic rings. The molecule has 2 amide bonds. The van der Waals surface area contributed by atoms with E-state index in [1.54, 1.807) is 0 Å². The molecule has 1 N–H and O–H groups in total. The van der Waals surface area contributed by atoms with E-state index in [0.717, 1.165) is 5.56 Å². The van der Waals surface area contributed by atoms with Crippen molar-refractivity contribution in [2.24, 2.45) is 0 Å². The second-order valence-corrected chi connectivity index (χ2v) is 3.60. The van der Waals surface area contributed by atoms with Crippen molar-refractivity contribution in [3.8, 4) is 0 Å². The third-order valence-corrected chi connectivity index (χ3v) is 2.26. The summed E-state index contributed by atoms with van der Waals surface area (Å²) >= 11 is 0. The summed E-state index contributed by atoms with van der Waals surface area (Å²) in [6.45, 7) is 1.22. The predicted molar refractivity (Wildman–Crippen MR) is 62.1 cm³/mol. The van der Waals surface area contributed by atoms with Gasteiger partial charge in [0.15, 0.2) is 0 Å². The van der Waals surface area contributed by atoms with Crippen LogP contribution in [-0.2, 0) is 16.1 Å². The molecule has 4 nitrogen and oxygen atoms in total. The van der Waals surface area contributed by atoms with Crippen LogP contribution < -0.4 is 5.32 Å². The Hall–Kier alpha value is -1.39. The minimum atomic E-state index is -0.220. The molecular formula is C11H13ClN2O2. The highest BCUT2D eigenvalue weighted by Crippen LogP contribution is 2.05. The third-order valence-electron chi connectivity index (χ3n) is 2.26. The van der Waals surface area contributed by atoms with Gasteiger partial charge in [-0.2, -0.15) is 0 Å². The second-order valence-electron chi connectivity index (χ2n) is 3.60. The Bertz CT molecular complexity index is 365. The van der Waals surface area contributed by atoms with Crippen molar-refractivity contribution in [3.63, 3.8) is 0 Å². The smallest absolute Gasteiger partial charge is 0.240 e. The van der Waals surface area contributed by atoms with Gasteiger partial charge in [-0.25, -0.2) is 0 Å². The van der Waals surface area contributed by atoms with Gasteiger partial charge in [0.2, 0.25) is 11.8 Å². The fraction of sp³-hybridized carbons (Fsp3) is 0.273. The summed E-state index contributed by atoms with van der Waals surface area (Å²) in [5, 5.41) is 2.28. The van der Waals surface area contributed by atoms with Crippen LogP contribution >= 0.6 is 12.4 Å². The lowest BCUT2D eigenvalue weighted by Gasteiger charge is -2.25. The Morgan fingerprint density at radius 3 is 2.19 bits per heavy atom. The average Bonchev–Trinajstić information content (AvgIpc) is 2.17. The number of rotatable bonds is 2. The van der Waals surface area contributed by atoms with Crippen molar-refractivity contribution in [2.75, 3.05) is 13.1 Å². The summed E-state index contributed by atoms with van der Waals surface area (Å²) in [7, 11) is 0. The predicted octanol–water partition coefficient (Wildman–Crippen LogP) is 0.567. The van der Waals surface area contributed by atoms with E-state index in [1.807, 2.05) is 35.2 Å². The van der Waals surface area contributed by atoms with E-state index in [2.05, 4.69) is 5.32 Å². The van der Waals surface area contributed by atoms with Crippen molar-refractivity contribution >= 4 is 24.2 Å². The number of hydrogen-bond acceptors (Lipinski definition) is 3. The lowest BCUT2D eigenvalue weighted by Crippen LogP contribution is -2.50. The molecular weight excluding hydrogens is 228 g/mol. The van der Waals surface area contributed by atoms with Crippen molar-refractivity contribution < 1.29 is 9.59 Å². The summed E-state index contributed by atoms with van der Waals surface area (Å²) in [6, 6.07) is 9.80. The summed E-state index contributed by atoms with van der Waals surface area (Å²) in [5.74, 6) is -0.440. The third kappa shape index (κ3) is 3.32. The van der Waals surface area contributed by atoms with E-state index < -0.39 is 0 Å². The Morgan fingerprint density at radius 1 is 1.06 bits per heavy atom. The van der Waals surface area contributed by atoms with Crippen LogP contribution in [0.4, 0.5) is 0 Å². The fourth-order valence-electron chi connectivity index (χ4n) is 1.65. The normalized spacial score (nSPS) is 16.5. The van der Waals surface area contributed by atoms with Gasteiger partial charge in [0.1, 0.15) is 0 Å². The summed E-state index contributed by atoms with van der Waals surface area (Å²) in [6.07, 6.45) is 0. The quantitative estimate of drug-likeness (QED) is 0.769. The first-order chi connectivity index (χ1) is 7.24. The first-order valence-electron chi connectivity index (χ1n) is 4.83. The van der Waals surface area contributed by atoms with Crippen molar-refractivity contribution in [1.29, 1.82) is 0 Å². The van der Waals surface area contributed by atoms with E-state index in [-0.39, 0.29) is 24.2 Å². The maximum Gasteiger partial charge on any atom is 0.240 e. The lowest BCUT2D eigenvalue weighted by atomic mass is 10.2. The van der Waals surface area contributed by atoms with E-state index in [9.17, 15) is 9.59 Å². The number of carbonyl (C=O) groups excluding carboxylic acids is 2. The van der Waals surface area contributed by atoms with E-state index in [4.69, 9.17) is 0 Å². The van der Waals surface area contributed by atoms with E-state index in [1.165, 1.54) is 0 Å². The SMILES string of the molecule is Cl.O=C1CN(Cc2ccccc2)CC(=O)N1. The molecule has 1 aliphatic heterocycles. The molecule has 0 aliphatic carbocycles. The number of amides is 2. The Kier molecular flexibility index (Phi) is 4.46.